The average molecular weight is 350 g/mol. The van der Waals surface area contributed by atoms with Crippen LogP contribution in [0.4, 0.5) is 0 Å². The second-order valence-corrected chi connectivity index (χ2v) is 6.93. The number of aromatic nitrogens is 1. The molecular weight excluding hydrogens is 330 g/mol. The van der Waals surface area contributed by atoms with E-state index in [0.717, 1.165) is 54.3 Å². The van der Waals surface area contributed by atoms with Gasteiger partial charge in [-0.1, -0.05) is 41.1 Å². The highest BCUT2D eigenvalue weighted by Crippen LogP contribution is 2.31. The van der Waals surface area contributed by atoms with Gasteiger partial charge in [0.1, 0.15) is 0 Å². The van der Waals surface area contributed by atoms with Crippen molar-refractivity contribution < 1.29 is 4.42 Å². The first-order valence-corrected chi connectivity index (χ1v) is 8.01. The van der Waals surface area contributed by atoms with Crippen LogP contribution in [0.25, 0.3) is 11.3 Å². The van der Waals surface area contributed by atoms with E-state index in [2.05, 4.69) is 32.7 Å². The first-order valence-electron chi connectivity index (χ1n) is 7.22. The number of nitrogens with zero attached hydrogens (tertiary/aromatic N) is 2. The number of hydrogen-bond acceptors (Lipinski definition) is 4. The summed E-state index contributed by atoms with van der Waals surface area (Å²) in [4.78, 5) is 6.77. The van der Waals surface area contributed by atoms with Gasteiger partial charge in [-0.2, -0.15) is 0 Å². The van der Waals surface area contributed by atoms with Gasteiger partial charge in [-0.15, -0.1) is 0 Å². The highest BCUT2D eigenvalue weighted by molar-refractivity contribution is 9.10. The summed E-state index contributed by atoms with van der Waals surface area (Å²) in [5.74, 6) is 1.57. The quantitative estimate of drug-likeness (QED) is 0.920. The molecule has 4 nitrogen and oxygen atoms in total. The van der Waals surface area contributed by atoms with E-state index in [4.69, 9.17) is 10.2 Å². The maximum atomic E-state index is 5.90. The molecule has 3 rings (SSSR count). The molecule has 0 radical (unpaired) electrons. The van der Waals surface area contributed by atoms with Crippen molar-refractivity contribution in [1.82, 2.24) is 9.88 Å². The van der Waals surface area contributed by atoms with Crippen molar-refractivity contribution in [1.29, 1.82) is 0 Å². The lowest BCUT2D eigenvalue weighted by Gasteiger charge is -2.21. The Balaban J connectivity index is 1.71. The molecule has 0 saturated carbocycles. The van der Waals surface area contributed by atoms with Gasteiger partial charge in [0.2, 0.25) is 5.89 Å². The van der Waals surface area contributed by atoms with E-state index in [9.17, 15) is 0 Å². The zero-order valence-electron chi connectivity index (χ0n) is 12.2. The van der Waals surface area contributed by atoms with E-state index >= 15 is 0 Å². The van der Waals surface area contributed by atoms with Crippen molar-refractivity contribution in [2.75, 3.05) is 19.6 Å². The number of benzene rings is 1. The monoisotopic (exact) mass is 349 g/mol. The molecule has 2 heterocycles. The third-order valence-corrected chi connectivity index (χ3v) is 4.87. The SMILES string of the molecule is CC1(CN)CCN(Cc2ncc(-c3ccccc3Br)o2)C1. The lowest BCUT2D eigenvalue weighted by atomic mass is 9.90. The number of nitrogens with two attached hydrogens (primary N) is 1. The van der Waals surface area contributed by atoms with Crippen LogP contribution in [0.3, 0.4) is 0 Å². The molecule has 0 bridgehead atoms. The molecule has 1 aliphatic rings. The van der Waals surface area contributed by atoms with E-state index in [1.165, 1.54) is 0 Å². The largest absolute Gasteiger partial charge is 0.439 e. The fourth-order valence-electron chi connectivity index (χ4n) is 2.79. The Kier molecular flexibility index (Phi) is 4.15. The lowest BCUT2D eigenvalue weighted by Crippen LogP contribution is -2.31. The number of oxazole rings is 1. The molecule has 112 valence electrons. The standard InChI is InChI=1S/C16H20BrN3O/c1-16(10-18)6-7-20(11-16)9-15-19-8-14(21-15)12-4-2-3-5-13(12)17/h2-5,8H,6-7,9-11,18H2,1H3. The third kappa shape index (κ3) is 3.20. The van der Waals surface area contributed by atoms with Crippen LogP contribution in [0.1, 0.15) is 19.2 Å². The predicted octanol–water partition coefficient (Wildman–Crippen LogP) is 3.27. The molecule has 1 saturated heterocycles. The highest BCUT2D eigenvalue weighted by atomic mass is 79.9. The molecule has 1 atom stereocenters. The van der Waals surface area contributed by atoms with Crippen LogP contribution in [-0.4, -0.2) is 29.5 Å². The van der Waals surface area contributed by atoms with Crippen molar-refractivity contribution >= 4 is 15.9 Å². The van der Waals surface area contributed by atoms with Crippen molar-refractivity contribution in [2.24, 2.45) is 11.1 Å². The highest BCUT2D eigenvalue weighted by Gasteiger charge is 2.32. The Bertz CT molecular complexity index is 627. The average Bonchev–Trinajstić information content (AvgIpc) is 3.08. The van der Waals surface area contributed by atoms with Crippen molar-refractivity contribution in [3.05, 3.63) is 40.8 Å². The van der Waals surface area contributed by atoms with Crippen LogP contribution in [-0.2, 0) is 6.54 Å². The van der Waals surface area contributed by atoms with Gasteiger partial charge in [-0.3, -0.25) is 4.90 Å². The van der Waals surface area contributed by atoms with E-state index in [1.807, 2.05) is 24.3 Å². The van der Waals surface area contributed by atoms with Crippen LogP contribution >= 0.6 is 15.9 Å². The fourth-order valence-corrected chi connectivity index (χ4v) is 3.27. The van der Waals surface area contributed by atoms with Gasteiger partial charge in [0.15, 0.2) is 5.76 Å². The normalized spacial score (nSPS) is 22.8. The van der Waals surface area contributed by atoms with Crippen molar-refractivity contribution in [2.45, 2.75) is 19.9 Å². The number of rotatable bonds is 4. The minimum atomic E-state index is 0.234. The molecular formula is C16H20BrN3O. The first kappa shape index (κ1) is 14.8. The predicted molar refractivity (Wildman–Crippen MR) is 86.7 cm³/mol. The summed E-state index contributed by atoms with van der Waals surface area (Å²) in [5.41, 5.74) is 7.12. The Labute approximate surface area is 133 Å². The number of halogens is 1. The molecule has 2 N–H and O–H groups in total. The Morgan fingerprint density at radius 2 is 2.24 bits per heavy atom. The number of likely N-dealkylation sites (tertiary alicyclic amines) is 1. The van der Waals surface area contributed by atoms with Crippen LogP contribution < -0.4 is 5.73 Å². The summed E-state index contributed by atoms with van der Waals surface area (Å²) in [6, 6.07) is 8.01. The summed E-state index contributed by atoms with van der Waals surface area (Å²) < 4.78 is 6.92. The van der Waals surface area contributed by atoms with E-state index in [-0.39, 0.29) is 5.41 Å². The van der Waals surface area contributed by atoms with Crippen LogP contribution in [0, 0.1) is 5.41 Å². The topological polar surface area (TPSA) is 55.3 Å². The Morgan fingerprint density at radius 1 is 1.43 bits per heavy atom. The summed E-state index contributed by atoms with van der Waals surface area (Å²) in [7, 11) is 0. The van der Waals surface area contributed by atoms with Gasteiger partial charge >= 0.3 is 0 Å². The molecule has 2 aromatic rings. The van der Waals surface area contributed by atoms with Gasteiger partial charge in [0, 0.05) is 16.6 Å². The van der Waals surface area contributed by atoms with E-state index in [1.54, 1.807) is 6.20 Å². The molecule has 0 aliphatic carbocycles. The van der Waals surface area contributed by atoms with Crippen LogP contribution in [0.2, 0.25) is 0 Å². The molecule has 1 aromatic carbocycles. The second-order valence-electron chi connectivity index (χ2n) is 6.07. The molecule has 0 spiro atoms. The van der Waals surface area contributed by atoms with E-state index < -0.39 is 0 Å². The summed E-state index contributed by atoms with van der Waals surface area (Å²) >= 11 is 3.54. The van der Waals surface area contributed by atoms with Crippen LogP contribution in [0.5, 0.6) is 0 Å². The maximum Gasteiger partial charge on any atom is 0.209 e. The van der Waals surface area contributed by atoms with Gasteiger partial charge in [0.25, 0.3) is 0 Å². The zero-order chi connectivity index (χ0) is 14.9. The smallest absolute Gasteiger partial charge is 0.209 e. The summed E-state index contributed by atoms with van der Waals surface area (Å²) in [5, 5.41) is 0. The molecule has 0 amide bonds. The first-order chi connectivity index (χ1) is 10.1. The summed E-state index contributed by atoms with van der Waals surface area (Å²) in [6.07, 6.45) is 2.94. The Morgan fingerprint density at radius 3 is 2.95 bits per heavy atom. The molecule has 1 aliphatic heterocycles. The molecule has 5 heteroatoms. The minimum absolute atomic E-state index is 0.234. The maximum absolute atomic E-state index is 5.90. The minimum Gasteiger partial charge on any atom is -0.439 e. The fraction of sp³-hybridized carbons (Fsp3) is 0.438. The van der Waals surface area contributed by atoms with Crippen molar-refractivity contribution in [3.63, 3.8) is 0 Å². The van der Waals surface area contributed by atoms with Gasteiger partial charge < -0.3 is 10.2 Å². The van der Waals surface area contributed by atoms with Gasteiger partial charge in [-0.25, -0.2) is 4.98 Å². The molecule has 1 unspecified atom stereocenters. The van der Waals surface area contributed by atoms with E-state index in [0.29, 0.717) is 0 Å². The lowest BCUT2D eigenvalue weighted by molar-refractivity contribution is 0.252. The van der Waals surface area contributed by atoms with Gasteiger partial charge in [0.05, 0.1) is 12.7 Å². The van der Waals surface area contributed by atoms with Crippen molar-refractivity contribution in [3.8, 4) is 11.3 Å². The Hall–Kier alpha value is -1.17. The van der Waals surface area contributed by atoms with Gasteiger partial charge in [-0.05, 0) is 31.0 Å². The third-order valence-electron chi connectivity index (χ3n) is 4.18. The molecule has 21 heavy (non-hydrogen) atoms. The zero-order valence-corrected chi connectivity index (χ0v) is 13.8. The summed E-state index contributed by atoms with van der Waals surface area (Å²) in [6.45, 7) is 5.79. The molecule has 1 fully saturated rings. The van der Waals surface area contributed by atoms with Crippen LogP contribution in [0.15, 0.2) is 39.4 Å². The molecule has 1 aromatic heterocycles. The number of hydrogen-bond donors (Lipinski definition) is 1. The second kappa shape index (κ2) is 5.91.